The van der Waals surface area contributed by atoms with Gasteiger partial charge >= 0.3 is 0 Å². The molecule has 1 fully saturated rings. The number of aryl methyl sites for hydroxylation is 1. The van der Waals surface area contributed by atoms with Gasteiger partial charge in [0.1, 0.15) is 0 Å². The Balaban J connectivity index is 2.06. The Kier molecular flexibility index (Phi) is 4.00. The first-order chi connectivity index (χ1) is 7.81. The number of rotatable bonds is 6. The second-order valence-corrected chi connectivity index (χ2v) is 5.04. The minimum Gasteiger partial charge on any atom is -0.310 e. The minimum absolute atomic E-state index is 0.577. The number of nitrogens with one attached hydrogen (secondary N) is 1. The van der Waals surface area contributed by atoms with Crippen molar-refractivity contribution in [2.75, 3.05) is 6.54 Å². The first kappa shape index (κ1) is 11.7. The summed E-state index contributed by atoms with van der Waals surface area (Å²) in [7, 11) is 0. The molecule has 0 saturated heterocycles. The minimum atomic E-state index is 0.577. The second kappa shape index (κ2) is 5.49. The first-order valence-electron chi connectivity index (χ1n) is 6.60. The van der Waals surface area contributed by atoms with Crippen molar-refractivity contribution < 1.29 is 0 Å². The Labute approximate surface area is 99.3 Å². The summed E-state index contributed by atoms with van der Waals surface area (Å²) in [6.07, 6.45) is 5.42. The fourth-order valence-corrected chi connectivity index (χ4v) is 2.30. The summed E-state index contributed by atoms with van der Waals surface area (Å²) < 4.78 is 0. The van der Waals surface area contributed by atoms with Crippen LogP contribution in [0.4, 0.5) is 0 Å². The van der Waals surface area contributed by atoms with E-state index in [1.165, 1.54) is 36.8 Å². The third-order valence-electron chi connectivity index (χ3n) is 3.47. The number of hydrogen-bond donors (Lipinski definition) is 1. The summed E-state index contributed by atoms with van der Waals surface area (Å²) in [5.41, 5.74) is 2.93. The van der Waals surface area contributed by atoms with Crippen molar-refractivity contribution in [2.24, 2.45) is 5.92 Å². The molecular weight excluding hydrogens is 194 g/mol. The summed E-state index contributed by atoms with van der Waals surface area (Å²) in [5, 5.41) is 3.70. The molecule has 0 heterocycles. The molecule has 1 aromatic rings. The highest BCUT2D eigenvalue weighted by atomic mass is 14.9. The van der Waals surface area contributed by atoms with E-state index in [4.69, 9.17) is 0 Å². The topological polar surface area (TPSA) is 12.0 Å². The van der Waals surface area contributed by atoms with Gasteiger partial charge in [-0.05, 0) is 43.4 Å². The zero-order chi connectivity index (χ0) is 11.4. The molecule has 0 bridgehead atoms. The Hall–Kier alpha value is -0.820. The average molecular weight is 217 g/mol. The third kappa shape index (κ3) is 3.08. The summed E-state index contributed by atoms with van der Waals surface area (Å²) >= 11 is 0. The molecular formula is C15H23N. The predicted molar refractivity (Wildman–Crippen MR) is 69.6 cm³/mol. The zero-order valence-electron chi connectivity index (χ0n) is 10.5. The summed E-state index contributed by atoms with van der Waals surface area (Å²) in [5.74, 6) is 0.981. The molecule has 1 aliphatic rings. The van der Waals surface area contributed by atoms with E-state index < -0.39 is 0 Å². The van der Waals surface area contributed by atoms with Crippen LogP contribution < -0.4 is 5.32 Å². The van der Waals surface area contributed by atoms with Crippen LogP contribution in [0.5, 0.6) is 0 Å². The molecule has 0 aliphatic heterocycles. The van der Waals surface area contributed by atoms with Crippen LogP contribution >= 0.6 is 0 Å². The van der Waals surface area contributed by atoms with E-state index in [0.717, 1.165) is 12.5 Å². The fraction of sp³-hybridized carbons (Fsp3) is 0.600. The molecule has 1 unspecified atom stereocenters. The van der Waals surface area contributed by atoms with E-state index in [0.29, 0.717) is 6.04 Å². The van der Waals surface area contributed by atoms with Gasteiger partial charge in [0.25, 0.3) is 0 Å². The molecule has 0 spiro atoms. The van der Waals surface area contributed by atoms with Gasteiger partial charge in [0.15, 0.2) is 0 Å². The predicted octanol–water partition coefficient (Wildman–Crippen LogP) is 3.84. The van der Waals surface area contributed by atoms with Crippen molar-refractivity contribution in [1.82, 2.24) is 5.32 Å². The van der Waals surface area contributed by atoms with Crippen LogP contribution in [0.2, 0.25) is 0 Å². The Bertz CT molecular complexity index is 328. The van der Waals surface area contributed by atoms with Gasteiger partial charge in [0.2, 0.25) is 0 Å². The highest BCUT2D eigenvalue weighted by molar-refractivity contribution is 5.28. The maximum Gasteiger partial charge on any atom is 0.0325 e. The van der Waals surface area contributed by atoms with Crippen LogP contribution in [-0.4, -0.2) is 6.54 Å². The van der Waals surface area contributed by atoms with Gasteiger partial charge in [-0.1, -0.05) is 44.0 Å². The second-order valence-electron chi connectivity index (χ2n) is 5.04. The largest absolute Gasteiger partial charge is 0.310 e. The molecule has 88 valence electrons. The normalized spacial score (nSPS) is 17.4. The fourth-order valence-electron chi connectivity index (χ4n) is 2.30. The lowest BCUT2D eigenvalue weighted by atomic mass is 9.97. The van der Waals surface area contributed by atoms with E-state index >= 15 is 0 Å². The smallest absolute Gasteiger partial charge is 0.0325 e. The molecule has 0 aromatic heterocycles. The molecule has 1 aromatic carbocycles. The molecule has 2 rings (SSSR count). The van der Waals surface area contributed by atoms with Crippen LogP contribution in [-0.2, 0) is 0 Å². The monoisotopic (exact) mass is 217 g/mol. The number of benzene rings is 1. The van der Waals surface area contributed by atoms with E-state index in [9.17, 15) is 0 Å². The van der Waals surface area contributed by atoms with Crippen molar-refractivity contribution in [3.05, 3.63) is 35.4 Å². The van der Waals surface area contributed by atoms with Crippen molar-refractivity contribution in [3.63, 3.8) is 0 Å². The van der Waals surface area contributed by atoms with Gasteiger partial charge in [-0.2, -0.15) is 0 Å². The summed E-state index contributed by atoms with van der Waals surface area (Å²) in [6.45, 7) is 5.59. The maximum atomic E-state index is 3.70. The lowest BCUT2D eigenvalue weighted by molar-refractivity contribution is 0.472. The first-order valence-corrected chi connectivity index (χ1v) is 6.60. The van der Waals surface area contributed by atoms with Crippen molar-refractivity contribution in [2.45, 2.75) is 45.6 Å². The van der Waals surface area contributed by atoms with Crippen molar-refractivity contribution in [1.29, 1.82) is 0 Å². The van der Waals surface area contributed by atoms with Crippen LogP contribution in [0.1, 0.15) is 49.8 Å². The van der Waals surface area contributed by atoms with E-state index in [1.807, 2.05) is 0 Å². The SMILES string of the molecule is CCCNC(CC1CC1)c1ccccc1C. The summed E-state index contributed by atoms with van der Waals surface area (Å²) in [4.78, 5) is 0. The Morgan fingerprint density at radius 1 is 1.31 bits per heavy atom. The molecule has 16 heavy (non-hydrogen) atoms. The van der Waals surface area contributed by atoms with Gasteiger partial charge in [-0.3, -0.25) is 0 Å². The molecule has 1 saturated carbocycles. The quantitative estimate of drug-likeness (QED) is 0.763. The maximum absolute atomic E-state index is 3.70. The molecule has 1 aliphatic carbocycles. The highest BCUT2D eigenvalue weighted by Crippen LogP contribution is 2.38. The van der Waals surface area contributed by atoms with Gasteiger partial charge in [-0.25, -0.2) is 0 Å². The lowest BCUT2D eigenvalue weighted by Crippen LogP contribution is -2.23. The summed E-state index contributed by atoms with van der Waals surface area (Å²) in [6, 6.07) is 9.38. The van der Waals surface area contributed by atoms with Crippen LogP contribution in [0.15, 0.2) is 24.3 Å². The molecule has 0 radical (unpaired) electrons. The molecule has 0 amide bonds. The third-order valence-corrected chi connectivity index (χ3v) is 3.47. The Morgan fingerprint density at radius 2 is 2.06 bits per heavy atom. The molecule has 1 N–H and O–H groups in total. The van der Waals surface area contributed by atoms with Crippen molar-refractivity contribution in [3.8, 4) is 0 Å². The zero-order valence-corrected chi connectivity index (χ0v) is 10.5. The van der Waals surface area contributed by atoms with Crippen molar-refractivity contribution >= 4 is 0 Å². The molecule has 1 atom stereocenters. The van der Waals surface area contributed by atoms with Gasteiger partial charge in [0.05, 0.1) is 0 Å². The van der Waals surface area contributed by atoms with E-state index in [1.54, 1.807) is 0 Å². The molecule has 1 heteroatoms. The molecule has 1 nitrogen and oxygen atoms in total. The van der Waals surface area contributed by atoms with Gasteiger partial charge < -0.3 is 5.32 Å². The van der Waals surface area contributed by atoms with Crippen LogP contribution in [0.3, 0.4) is 0 Å². The van der Waals surface area contributed by atoms with Gasteiger partial charge in [-0.15, -0.1) is 0 Å². The average Bonchev–Trinajstić information content (AvgIpc) is 3.09. The highest BCUT2D eigenvalue weighted by Gasteiger charge is 2.26. The van der Waals surface area contributed by atoms with Crippen LogP contribution in [0.25, 0.3) is 0 Å². The Morgan fingerprint density at radius 3 is 2.69 bits per heavy atom. The van der Waals surface area contributed by atoms with Crippen LogP contribution in [0, 0.1) is 12.8 Å². The number of hydrogen-bond acceptors (Lipinski definition) is 1. The van der Waals surface area contributed by atoms with Gasteiger partial charge in [0, 0.05) is 6.04 Å². The van der Waals surface area contributed by atoms with E-state index in [2.05, 4.69) is 43.4 Å². The lowest BCUT2D eigenvalue weighted by Gasteiger charge is -2.20. The van der Waals surface area contributed by atoms with E-state index in [-0.39, 0.29) is 0 Å². The standard InChI is InChI=1S/C15H23N/c1-3-10-16-15(11-13-8-9-13)14-7-5-4-6-12(14)2/h4-7,13,15-16H,3,8-11H2,1-2H3.